The molecule has 6 nitrogen and oxygen atoms in total. The molecule has 3 rings (SSSR count). The second-order valence-electron chi connectivity index (χ2n) is 5.45. The summed E-state index contributed by atoms with van der Waals surface area (Å²) in [6.07, 6.45) is 0. The van der Waals surface area contributed by atoms with Gasteiger partial charge in [0, 0.05) is 20.9 Å². The molecule has 0 saturated heterocycles. The van der Waals surface area contributed by atoms with E-state index < -0.39 is 5.97 Å². The van der Waals surface area contributed by atoms with Crippen LogP contribution in [0, 0.1) is 4.91 Å². The van der Waals surface area contributed by atoms with Crippen LogP contribution in [-0.4, -0.2) is 26.0 Å². The molecule has 0 aliphatic carbocycles. The quantitative estimate of drug-likeness (QED) is 0.544. The second-order valence-corrected chi connectivity index (χ2v) is 6.75. The monoisotopic (exact) mass is 390 g/mol. The number of halogens is 1. The Balaban J connectivity index is 2.01. The first kappa shape index (κ1) is 17.9. The minimum Gasteiger partial charge on any atom is -0.507 e. The molecule has 0 unspecified atom stereocenters. The van der Waals surface area contributed by atoms with Gasteiger partial charge in [-0.15, -0.1) is 0 Å². The third-order valence-electron chi connectivity index (χ3n) is 3.80. The van der Waals surface area contributed by atoms with Crippen molar-refractivity contribution >= 4 is 33.9 Å². The van der Waals surface area contributed by atoms with E-state index >= 15 is 0 Å². The number of benzene rings is 2. The molecule has 1 heterocycles. The minimum absolute atomic E-state index is 0.0231. The summed E-state index contributed by atoms with van der Waals surface area (Å²) in [7, 11) is 0. The summed E-state index contributed by atoms with van der Waals surface area (Å²) in [5.74, 6) is -1.72. The molecule has 2 aromatic carbocycles. The molecule has 0 atom stereocenters. The van der Waals surface area contributed by atoms with Crippen LogP contribution in [0.15, 0.2) is 47.8 Å². The predicted molar refractivity (Wildman–Crippen MR) is 98.5 cm³/mol. The van der Waals surface area contributed by atoms with Gasteiger partial charge in [-0.3, -0.25) is 0 Å². The molecular formula is C18H13ClNO5S+. The molecular weight excluding hydrogens is 378 g/mol. The molecule has 0 aliphatic heterocycles. The number of carboxylic acids is 1. The smallest absolute Gasteiger partial charge is 0.344 e. The summed E-state index contributed by atoms with van der Waals surface area (Å²) < 4.78 is 0.447. The molecule has 0 amide bonds. The number of thiophene rings is 1. The maximum atomic E-state index is 12.6. The highest BCUT2D eigenvalue weighted by Gasteiger charge is 2.31. The zero-order chi connectivity index (χ0) is 18.8. The molecule has 0 spiro atoms. The standard InChI is InChI=1S/C18H12ClNO5S/c19-11-6-4-10(5-7-11)13-9-26-17(16(13)18(23)24)20(25)8-12-14(21)2-1-3-15(12)22/h1-7,9H,8H2,(H2-,21,22,23,24)/p+1. The Labute approximate surface area is 157 Å². The van der Waals surface area contributed by atoms with Crippen LogP contribution >= 0.6 is 22.9 Å². The molecule has 3 aromatic rings. The minimum atomic E-state index is -1.24. The molecule has 1 aromatic heterocycles. The van der Waals surface area contributed by atoms with Crippen LogP contribution in [0.5, 0.6) is 11.5 Å². The van der Waals surface area contributed by atoms with E-state index in [1.165, 1.54) is 18.2 Å². The lowest BCUT2D eigenvalue weighted by Crippen LogP contribution is -2.06. The van der Waals surface area contributed by atoms with Gasteiger partial charge in [0.05, 0.1) is 4.76 Å². The van der Waals surface area contributed by atoms with Crippen molar-refractivity contribution < 1.29 is 24.9 Å². The summed E-state index contributed by atoms with van der Waals surface area (Å²) >= 11 is 6.84. The van der Waals surface area contributed by atoms with Gasteiger partial charge in [0.25, 0.3) is 0 Å². The highest BCUT2D eigenvalue weighted by atomic mass is 35.5. The van der Waals surface area contributed by atoms with Gasteiger partial charge < -0.3 is 15.3 Å². The molecule has 3 N–H and O–H groups in total. The number of nitroso groups, excluding NO2 is 1. The summed E-state index contributed by atoms with van der Waals surface area (Å²) in [6, 6.07) is 10.7. The van der Waals surface area contributed by atoms with E-state index in [0.29, 0.717) is 20.9 Å². The third-order valence-corrected chi connectivity index (χ3v) is 5.03. The average Bonchev–Trinajstić information content (AvgIpc) is 3.04. The van der Waals surface area contributed by atoms with Gasteiger partial charge in [0.1, 0.15) is 17.1 Å². The van der Waals surface area contributed by atoms with Gasteiger partial charge in [-0.1, -0.05) is 41.1 Å². The Morgan fingerprint density at radius 1 is 1.08 bits per heavy atom. The van der Waals surface area contributed by atoms with Crippen LogP contribution < -0.4 is 0 Å². The lowest BCUT2D eigenvalue weighted by Gasteiger charge is -2.03. The summed E-state index contributed by atoms with van der Waals surface area (Å²) in [4.78, 5) is 24.3. The Morgan fingerprint density at radius 3 is 2.27 bits per heavy atom. The van der Waals surface area contributed by atoms with Crippen LogP contribution in [0.3, 0.4) is 0 Å². The first-order chi connectivity index (χ1) is 12.4. The first-order valence-electron chi connectivity index (χ1n) is 7.43. The van der Waals surface area contributed by atoms with Gasteiger partial charge in [0.2, 0.25) is 6.54 Å². The van der Waals surface area contributed by atoms with Crippen molar-refractivity contribution in [2.45, 2.75) is 6.54 Å². The van der Waals surface area contributed by atoms with Crippen LogP contribution in [0.1, 0.15) is 15.9 Å². The number of rotatable bonds is 5. The largest absolute Gasteiger partial charge is 0.507 e. The number of aromatic carboxylic acids is 1. The zero-order valence-electron chi connectivity index (χ0n) is 13.2. The van der Waals surface area contributed by atoms with Gasteiger partial charge in [-0.05, 0) is 29.8 Å². The fourth-order valence-corrected chi connectivity index (χ4v) is 3.63. The van der Waals surface area contributed by atoms with E-state index in [4.69, 9.17) is 11.6 Å². The van der Waals surface area contributed by atoms with E-state index in [2.05, 4.69) is 0 Å². The van der Waals surface area contributed by atoms with Crippen molar-refractivity contribution in [1.82, 2.24) is 0 Å². The number of hydrogen-bond donors (Lipinski definition) is 3. The Morgan fingerprint density at radius 2 is 1.69 bits per heavy atom. The van der Waals surface area contributed by atoms with Crippen molar-refractivity contribution in [2.24, 2.45) is 0 Å². The number of nitrogens with zero attached hydrogens (tertiary/aromatic N) is 1. The Kier molecular flexibility index (Phi) is 4.92. The number of phenols is 2. The molecule has 0 fully saturated rings. The fraction of sp³-hybridized carbons (Fsp3) is 0.0556. The van der Waals surface area contributed by atoms with E-state index in [1.54, 1.807) is 29.6 Å². The van der Waals surface area contributed by atoms with Gasteiger partial charge in [0.15, 0.2) is 5.56 Å². The summed E-state index contributed by atoms with van der Waals surface area (Å²) in [5, 5.41) is 31.3. The van der Waals surface area contributed by atoms with Gasteiger partial charge in [-0.25, -0.2) is 4.79 Å². The maximum Gasteiger partial charge on any atom is 0.344 e. The molecule has 0 saturated carbocycles. The average molecular weight is 391 g/mol. The SMILES string of the molecule is O=C(O)c1c(-c2ccc(Cl)cc2)csc1[N+](=O)Cc1c(O)cccc1O. The van der Waals surface area contributed by atoms with Gasteiger partial charge in [-0.2, -0.15) is 0 Å². The number of aromatic hydroxyl groups is 2. The molecule has 132 valence electrons. The number of hydrogen-bond acceptors (Lipinski definition) is 5. The van der Waals surface area contributed by atoms with Crippen LogP contribution in [0.25, 0.3) is 11.1 Å². The van der Waals surface area contributed by atoms with E-state index in [-0.39, 0.29) is 34.2 Å². The highest BCUT2D eigenvalue weighted by Crippen LogP contribution is 2.39. The maximum absolute atomic E-state index is 12.6. The van der Waals surface area contributed by atoms with E-state index in [0.717, 1.165) is 11.3 Å². The number of phenolic OH excluding ortho intramolecular Hbond substituents is 2. The first-order valence-corrected chi connectivity index (χ1v) is 8.69. The number of carbonyl (C=O) groups is 1. The summed E-state index contributed by atoms with van der Waals surface area (Å²) in [5.41, 5.74) is 0.909. The van der Waals surface area contributed by atoms with E-state index in [1.807, 2.05) is 0 Å². The van der Waals surface area contributed by atoms with Crippen molar-refractivity contribution in [1.29, 1.82) is 0 Å². The second kappa shape index (κ2) is 7.15. The van der Waals surface area contributed by atoms with Crippen LogP contribution in [0.2, 0.25) is 5.02 Å². The number of carboxylic acid groups (broad SMARTS) is 1. The molecule has 26 heavy (non-hydrogen) atoms. The molecule has 8 heteroatoms. The lowest BCUT2D eigenvalue weighted by molar-refractivity contribution is -0.476. The van der Waals surface area contributed by atoms with Crippen LogP contribution in [-0.2, 0) is 6.54 Å². The predicted octanol–water partition coefficient (Wildman–Crippen LogP) is 4.79. The normalized spacial score (nSPS) is 10.7. The van der Waals surface area contributed by atoms with Crippen molar-refractivity contribution in [3.8, 4) is 22.6 Å². The topological polar surface area (TPSA) is 97.8 Å². The van der Waals surface area contributed by atoms with E-state index in [9.17, 15) is 25.0 Å². The fourth-order valence-electron chi connectivity index (χ4n) is 2.52. The molecule has 0 bridgehead atoms. The third kappa shape index (κ3) is 3.40. The zero-order valence-corrected chi connectivity index (χ0v) is 14.8. The lowest BCUT2D eigenvalue weighted by atomic mass is 10.0. The molecule has 0 aliphatic rings. The van der Waals surface area contributed by atoms with Crippen molar-refractivity contribution in [3.63, 3.8) is 0 Å². The highest BCUT2D eigenvalue weighted by molar-refractivity contribution is 7.14. The Hall–Kier alpha value is -2.90. The van der Waals surface area contributed by atoms with Crippen molar-refractivity contribution in [3.05, 3.63) is 68.9 Å². The van der Waals surface area contributed by atoms with Crippen LogP contribution in [0.4, 0.5) is 5.00 Å². The van der Waals surface area contributed by atoms with Gasteiger partial charge >= 0.3 is 11.0 Å². The molecule has 0 radical (unpaired) electrons. The summed E-state index contributed by atoms with van der Waals surface area (Å²) in [6.45, 7) is -0.390. The Bertz CT molecular complexity index is 977. The van der Waals surface area contributed by atoms with Crippen molar-refractivity contribution in [2.75, 3.05) is 0 Å².